The van der Waals surface area contributed by atoms with Gasteiger partial charge in [-0.2, -0.15) is 0 Å². The van der Waals surface area contributed by atoms with Gasteiger partial charge in [0.1, 0.15) is 17.5 Å². The molecule has 3 saturated heterocycles. The molecule has 0 radical (unpaired) electrons. The lowest BCUT2D eigenvalue weighted by atomic mass is 9.96. The summed E-state index contributed by atoms with van der Waals surface area (Å²) in [6.45, 7) is 11.3. The number of carbonyl (C=O) groups excluding carboxylic acids is 3. The number of likely N-dealkylation sites (tertiary alicyclic amines) is 1. The van der Waals surface area contributed by atoms with Crippen LogP contribution in [0.5, 0.6) is 0 Å². The van der Waals surface area contributed by atoms with Crippen LogP contribution in [0.1, 0.15) is 46.5 Å². The predicted molar refractivity (Wildman–Crippen MR) is 135 cm³/mol. The predicted octanol–water partition coefficient (Wildman–Crippen LogP) is 2.81. The van der Waals surface area contributed by atoms with Crippen LogP contribution in [0.25, 0.3) is 0 Å². The highest BCUT2D eigenvalue weighted by molar-refractivity contribution is 6.01. The summed E-state index contributed by atoms with van der Waals surface area (Å²) >= 11 is 0. The number of amides is 3. The second-order valence-corrected chi connectivity index (χ2v) is 11.0. The zero-order valence-corrected chi connectivity index (χ0v) is 21.5. The minimum atomic E-state index is -0.535. The van der Waals surface area contributed by atoms with E-state index in [1.54, 1.807) is 17.0 Å². The molecule has 2 N–H and O–H groups in total. The van der Waals surface area contributed by atoms with Crippen LogP contribution in [0.15, 0.2) is 18.2 Å². The number of ether oxygens (including phenoxy) is 1. The molecule has 0 bridgehead atoms. The number of anilines is 2. The molecule has 198 valence electrons. The number of hydrogen-bond donors (Lipinski definition) is 2. The van der Waals surface area contributed by atoms with E-state index in [0.29, 0.717) is 23.7 Å². The van der Waals surface area contributed by atoms with Crippen molar-refractivity contribution in [3.05, 3.63) is 24.0 Å². The van der Waals surface area contributed by atoms with Crippen molar-refractivity contribution >= 4 is 29.3 Å². The number of imide groups is 1. The first-order valence-corrected chi connectivity index (χ1v) is 12.9. The quantitative estimate of drug-likeness (QED) is 0.597. The van der Waals surface area contributed by atoms with Crippen molar-refractivity contribution < 1.29 is 23.5 Å². The molecule has 1 unspecified atom stereocenters. The van der Waals surface area contributed by atoms with Crippen LogP contribution in [0.4, 0.5) is 20.6 Å². The minimum absolute atomic E-state index is 0.227. The molecule has 3 aliphatic heterocycles. The summed E-state index contributed by atoms with van der Waals surface area (Å²) in [7, 11) is 0. The van der Waals surface area contributed by atoms with E-state index in [1.807, 2.05) is 20.8 Å². The van der Waals surface area contributed by atoms with E-state index in [2.05, 4.69) is 20.4 Å². The van der Waals surface area contributed by atoms with Gasteiger partial charge in [-0.25, -0.2) is 9.18 Å². The number of nitrogens with zero attached hydrogens (tertiary/aromatic N) is 3. The Morgan fingerprint density at radius 1 is 1.08 bits per heavy atom. The van der Waals surface area contributed by atoms with Gasteiger partial charge in [-0.05, 0) is 64.2 Å². The van der Waals surface area contributed by atoms with Gasteiger partial charge in [0, 0.05) is 57.9 Å². The Bertz CT molecular complexity index is 966. The van der Waals surface area contributed by atoms with Gasteiger partial charge in [-0.3, -0.25) is 19.8 Å². The maximum absolute atomic E-state index is 14.9. The van der Waals surface area contributed by atoms with Crippen LogP contribution >= 0.6 is 0 Å². The minimum Gasteiger partial charge on any atom is -0.444 e. The Morgan fingerprint density at radius 3 is 2.39 bits per heavy atom. The maximum atomic E-state index is 14.9. The smallest absolute Gasteiger partial charge is 0.410 e. The summed E-state index contributed by atoms with van der Waals surface area (Å²) in [5.74, 6) is -0.424. The molecular formula is C26H38FN5O4. The molecule has 3 fully saturated rings. The van der Waals surface area contributed by atoms with Gasteiger partial charge in [0.25, 0.3) is 0 Å². The van der Waals surface area contributed by atoms with E-state index in [4.69, 9.17) is 4.74 Å². The number of piperazine rings is 1. The molecule has 1 aromatic carbocycles. The molecule has 3 heterocycles. The maximum Gasteiger partial charge on any atom is 0.410 e. The lowest BCUT2D eigenvalue weighted by Gasteiger charge is -2.39. The first-order chi connectivity index (χ1) is 17.1. The highest BCUT2D eigenvalue weighted by atomic mass is 19.1. The van der Waals surface area contributed by atoms with E-state index < -0.39 is 11.6 Å². The molecule has 4 rings (SSSR count). The van der Waals surface area contributed by atoms with Crippen molar-refractivity contribution in [2.24, 2.45) is 5.92 Å². The number of halogens is 1. The normalized spacial score (nSPS) is 22.4. The average Bonchev–Trinajstić information content (AvgIpc) is 2.81. The summed E-state index contributed by atoms with van der Waals surface area (Å²) < 4.78 is 20.4. The fourth-order valence-corrected chi connectivity index (χ4v) is 5.05. The largest absolute Gasteiger partial charge is 0.444 e. The molecule has 3 aliphatic rings. The van der Waals surface area contributed by atoms with Crippen molar-refractivity contribution in [1.29, 1.82) is 0 Å². The summed E-state index contributed by atoms with van der Waals surface area (Å²) in [6.07, 6.45) is 2.38. The van der Waals surface area contributed by atoms with Gasteiger partial charge in [0.05, 0.1) is 5.69 Å². The fraction of sp³-hybridized carbons (Fsp3) is 0.654. The molecule has 36 heavy (non-hydrogen) atoms. The molecule has 0 aromatic heterocycles. The van der Waals surface area contributed by atoms with Crippen molar-refractivity contribution in [2.75, 3.05) is 56.0 Å². The Hall–Kier alpha value is -2.88. The molecular weight excluding hydrogens is 465 g/mol. The molecule has 0 spiro atoms. The van der Waals surface area contributed by atoms with E-state index in [0.717, 1.165) is 58.7 Å². The van der Waals surface area contributed by atoms with Crippen LogP contribution in [0, 0.1) is 11.7 Å². The van der Waals surface area contributed by atoms with Gasteiger partial charge in [-0.15, -0.1) is 0 Å². The second kappa shape index (κ2) is 11.0. The van der Waals surface area contributed by atoms with Gasteiger partial charge < -0.3 is 19.9 Å². The number of benzene rings is 1. The summed E-state index contributed by atoms with van der Waals surface area (Å²) in [4.78, 5) is 41.8. The Morgan fingerprint density at radius 2 is 1.78 bits per heavy atom. The first-order valence-electron chi connectivity index (χ1n) is 12.9. The number of carbonyl (C=O) groups is 3. The Balaban J connectivity index is 1.21. The van der Waals surface area contributed by atoms with Crippen molar-refractivity contribution in [3.63, 3.8) is 0 Å². The molecule has 0 saturated carbocycles. The monoisotopic (exact) mass is 503 g/mol. The third-order valence-electron chi connectivity index (χ3n) is 7.02. The molecule has 1 atom stereocenters. The van der Waals surface area contributed by atoms with Crippen molar-refractivity contribution in [2.45, 2.75) is 58.1 Å². The second-order valence-electron chi connectivity index (χ2n) is 11.0. The lowest BCUT2D eigenvalue weighted by Crippen LogP contribution is -2.49. The van der Waals surface area contributed by atoms with Gasteiger partial charge in [-0.1, -0.05) is 0 Å². The summed E-state index contributed by atoms with van der Waals surface area (Å²) in [5.41, 5.74) is 0.619. The SMILES string of the molecule is CC(C)(C)OC(=O)N1CCC(CN2CCN(c3ccc(NC4CCC(=O)NC4=O)cc3F)CC2)CC1. The first kappa shape index (κ1) is 26.2. The third-order valence-corrected chi connectivity index (χ3v) is 7.02. The molecule has 0 aliphatic carbocycles. The number of hydrogen-bond acceptors (Lipinski definition) is 7. The molecule has 10 heteroatoms. The van der Waals surface area contributed by atoms with Crippen LogP contribution in [-0.2, 0) is 14.3 Å². The average molecular weight is 504 g/mol. The molecule has 9 nitrogen and oxygen atoms in total. The van der Waals surface area contributed by atoms with E-state index >= 15 is 0 Å². The topological polar surface area (TPSA) is 94.2 Å². The standard InChI is InChI=1S/C26H38FN5O4/c1-26(2,3)36-25(35)32-10-8-18(9-11-32)17-30-12-14-31(15-13-30)22-6-4-19(16-20(22)27)28-21-5-7-23(33)29-24(21)34/h4,6,16,18,21,28H,5,7-15,17H2,1-3H3,(H,29,33,34). The van der Waals surface area contributed by atoms with Gasteiger partial charge in [0.15, 0.2) is 0 Å². The van der Waals surface area contributed by atoms with Crippen LogP contribution < -0.4 is 15.5 Å². The van der Waals surface area contributed by atoms with Gasteiger partial charge >= 0.3 is 6.09 Å². The number of nitrogens with one attached hydrogen (secondary N) is 2. The summed E-state index contributed by atoms with van der Waals surface area (Å²) in [6, 6.07) is 4.43. The summed E-state index contributed by atoms with van der Waals surface area (Å²) in [5, 5.41) is 5.34. The van der Waals surface area contributed by atoms with E-state index in [-0.39, 0.29) is 30.1 Å². The third kappa shape index (κ3) is 6.87. The van der Waals surface area contributed by atoms with Crippen molar-refractivity contribution in [1.82, 2.24) is 15.1 Å². The highest BCUT2D eigenvalue weighted by Crippen LogP contribution is 2.26. The van der Waals surface area contributed by atoms with Crippen LogP contribution in [0.2, 0.25) is 0 Å². The number of piperidine rings is 2. The zero-order valence-electron chi connectivity index (χ0n) is 21.5. The van der Waals surface area contributed by atoms with E-state index in [9.17, 15) is 18.8 Å². The van der Waals surface area contributed by atoms with Crippen LogP contribution in [-0.4, -0.2) is 85.2 Å². The van der Waals surface area contributed by atoms with Gasteiger partial charge in [0.2, 0.25) is 11.8 Å². The molecule has 3 amide bonds. The number of rotatable bonds is 5. The molecule has 1 aromatic rings. The Labute approximate surface area is 212 Å². The van der Waals surface area contributed by atoms with Crippen LogP contribution in [0.3, 0.4) is 0 Å². The zero-order chi connectivity index (χ0) is 25.9. The Kier molecular flexibility index (Phi) is 8.02. The fourth-order valence-electron chi connectivity index (χ4n) is 5.05. The van der Waals surface area contributed by atoms with Crippen molar-refractivity contribution in [3.8, 4) is 0 Å². The van der Waals surface area contributed by atoms with E-state index in [1.165, 1.54) is 6.07 Å². The lowest BCUT2D eigenvalue weighted by molar-refractivity contribution is -0.133. The highest BCUT2D eigenvalue weighted by Gasteiger charge is 2.29.